The van der Waals surface area contributed by atoms with Crippen LogP contribution >= 0.6 is 0 Å². The van der Waals surface area contributed by atoms with E-state index in [0.717, 1.165) is 16.6 Å². The van der Waals surface area contributed by atoms with Crippen LogP contribution in [0, 0.1) is 5.82 Å². The Labute approximate surface area is 155 Å². The van der Waals surface area contributed by atoms with Crippen molar-refractivity contribution in [3.8, 4) is 11.3 Å². The van der Waals surface area contributed by atoms with Crippen LogP contribution in [0.1, 0.15) is 10.4 Å². The Morgan fingerprint density at radius 2 is 1.63 bits per heavy atom. The van der Waals surface area contributed by atoms with Crippen LogP contribution in [0.5, 0.6) is 0 Å². The Morgan fingerprint density at radius 1 is 0.926 bits per heavy atom. The zero-order chi connectivity index (χ0) is 18.8. The zero-order valence-corrected chi connectivity index (χ0v) is 14.2. The van der Waals surface area contributed by atoms with Gasteiger partial charge < -0.3 is 10.0 Å². The van der Waals surface area contributed by atoms with Gasteiger partial charge in [-0.15, -0.1) is 0 Å². The minimum absolute atomic E-state index is 0.202. The smallest absolute Gasteiger partial charge is 0.335 e. The first kappa shape index (κ1) is 16.7. The van der Waals surface area contributed by atoms with Gasteiger partial charge in [-0.3, -0.25) is 0 Å². The largest absolute Gasteiger partial charge is 0.478 e. The molecule has 2 heterocycles. The summed E-state index contributed by atoms with van der Waals surface area (Å²) in [4.78, 5) is 17.9. The third-order valence-corrected chi connectivity index (χ3v) is 4.26. The summed E-state index contributed by atoms with van der Waals surface area (Å²) in [6.45, 7) is 0. The monoisotopic (exact) mass is 358 g/mol. The number of allylic oxidation sites excluding steroid dienone is 4. The highest BCUT2D eigenvalue weighted by atomic mass is 19.1. The van der Waals surface area contributed by atoms with Crippen LogP contribution in [0.3, 0.4) is 0 Å². The molecule has 4 rings (SSSR count). The average Bonchev–Trinajstić information content (AvgIpc) is 2.96. The van der Waals surface area contributed by atoms with E-state index < -0.39 is 5.97 Å². The second-order valence-corrected chi connectivity index (χ2v) is 6.05. The van der Waals surface area contributed by atoms with Crippen molar-refractivity contribution in [1.82, 2.24) is 4.98 Å². The van der Waals surface area contributed by atoms with E-state index in [2.05, 4.69) is 0 Å². The molecule has 1 aromatic heterocycles. The van der Waals surface area contributed by atoms with Gasteiger partial charge in [0.05, 0.1) is 22.5 Å². The number of aromatic carboxylic acids is 1. The van der Waals surface area contributed by atoms with E-state index >= 15 is 0 Å². The summed E-state index contributed by atoms with van der Waals surface area (Å²) < 4.78 is 13.4. The number of carbonyl (C=O) groups is 1. The fourth-order valence-corrected chi connectivity index (χ4v) is 2.94. The molecule has 1 aliphatic heterocycles. The maximum atomic E-state index is 13.4. The first-order valence-electron chi connectivity index (χ1n) is 8.36. The third kappa shape index (κ3) is 3.35. The van der Waals surface area contributed by atoms with E-state index in [0.29, 0.717) is 11.2 Å². The fourth-order valence-electron chi connectivity index (χ4n) is 2.94. The van der Waals surface area contributed by atoms with Gasteiger partial charge in [0.2, 0.25) is 0 Å². The van der Waals surface area contributed by atoms with Crippen molar-refractivity contribution in [1.29, 1.82) is 0 Å². The summed E-state index contributed by atoms with van der Waals surface area (Å²) >= 11 is 0. The average molecular weight is 358 g/mol. The van der Waals surface area contributed by atoms with E-state index in [-0.39, 0.29) is 11.4 Å². The molecule has 1 N–H and O–H groups in total. The van der Waals surface area contributed by atoms with Crippen LogP contribution in [0.2, 0.25) is 0 Å². The van der Waals surface area contributed by atoms with Crippen molar-refractivity contribution in [2.24, 2.45) is 0 Å². The molecule has 1 aliphatic rings. The number of hydrogen-bond acceptors (Lipinski definition) is 3. The minimum Gasteiger partial charge on any atom is -0.478 e. The SMILES string of the molecule is O=C(O)c1ccc2nc(-c3ccc(F)cc3)c(N3C=CC=CC=C3)cc2c1. The highest BCUT2D eigenvalue weighted by Crippen LogP contribution is 2.33. The number of aromatic nitrogens is 1. The molecule has 5 heteroatoms. The molecule has 4 nitrogen and oxygen atoms in total. The lowest BCUT2D eigenvalue weighted by molar-refractivity contribution is 0.0697. The number of carboxylic acid groups (broad SMARTS) is 1. The van der Waals surface area contributed by atoms with Crippen molar-refractivity contribution in [3.05, 3.63) is 96.6 Å². The van der Waals surface area contributed by atoms with Gasteiger partial charge in [-0.2, -0.15) is 0 Å². The molecule has 2 aromatic carbocycles. The summed E-state index contributed by atoms with van der Waals surface area (Å²) in [7, 11) is 0. The Morgan fingerprint density at radius 3 is 2.30 bits per heavy atom. The van der Waals surface area contributed by atoms with Crippen molar-refractivity contribution in [2.45, 2.75) is 0 Å². The molecule has 0 atom stereocenters. The summed E-state index contributed by atoms with van der Waals surface area (Å²) in [6, 6.07) is 12.9. The number of rotatable bonds is 3. The maximum absolute atomic E-state index is 13.4. The molecule has 0 saturated heterocycles. The molecule has 0 bridgehead atoms. The van der Waals surface area contributed by atoms with Gasteiger partial charge in [-0.1, -0.05) is 12.2 Å². The van der Waals surface area contributed by atoms with Crippen LogP contribution in [-0.2, 0) is 0 Å². The van der Waals surface area contributed by atoms with Crippen LogP contribution in [0.4, 0.5) is 10.1 Å². The Balaban J connectivity index is 1.95. The second-order valence-electron chi connectivity index (χ2n) is 6.05. The number of hydrogen-bond donors (Lipinski definition) is 1. The maximum Gasteiger partial charge on any atom is 0.335 e. The minimum atomic E-state index is -0.986. The molecule has 0 saturated carbocycles. The summed E-state index contributed by atoms with van der Waals surface area (Å²) in [5.74, 6) is -1.30. The lowest BCUT2D eigenvalue weighted by atomic mass is 10.0. The van der Waals surface area contributed by atoms with E-state index in [9.17, 15) is 14.3 Å². The lowest BCUT2D eigenvalue weighted by Crippen LogP contribution is -2.09. The Hall–Kier alpha value is -3.73. The number of carboxylic acids is 1. The Bertz CT molecular complexity index is 1100. The molecule has 132 valence electrons. The fraction of sp³-hybridized carbons (Fsp3) is 0. The van der Waals surface area contributed by atoms with Gasteiger partial charge in [0.15, 0.2) is 0 Å². The van der Waals surface area contributed by atoms with Crippen molar-refractivity contribution < 1.29 is 14.3 Å². The molecular weight excluding hydrogens is 343 g/mol. The third-order valence-electron chi connectivity index (χ3n) is 4.26. The highest BCUT2D eigenvalue weighted by molar-refractivity contribution is 5.96. The molecule has 0 radical (unpaired) electrons. The lowest BCUT2D eigenvalue weighted by Gasteiger charge is -2.20. The van der Waals surface area contributed by atoms with Crippen molar-refractivity contribution in [3.63, 3.8) is 0 Å². The molecular formula is C22H15FN2O2. The van der Waals surface area contributed by atoms with Crippen molar-refractivity contribution >= 4 is 22.6 Å². The molecule has 0 amide bonds. The number of pyridine rings is 1. The standard InChI is InChI=1S/C22H15FN2O2/c23-18-8-5-15(6-9-18)21-20(25-11-3-1-2-4-12-25)14-17-13-16(22(26)27)7-10-19(17)24-21/h1-14H,(H,26,27). The predicted molar refractivity (Wildman–Crippen MR) is 104 cm³/mol. The molecule has 0 aliphatic carbocycles. The summed E-state index contributed by atoms with van der Waals surface area (Å²) in [5, 5.41) is 9.98. The van der Waals surface area contributed by atoms with Gasteiger partial charge in [0.1, 0.15) is 5.82 Å². The predicted octanol–water partition coefficient (Wildman–Crippen LogP) is 5.14. The molecule has 0 unspecified atom stereocenters. The van der Waals surface area contributed by atoms with Gasteiger partial charge in [-0.25, -0.2) is 14.2 Å². The summed E-state index contributed by atoms with van der Waals surface area (Å²) in [6.07, 6.45) is 11.4. The van der Waals surface area contributed by atoms with Gasteiger partial charge in [-0.05, 0) is 60.7 Å². The molecule has 27 heavy (non-hydrogen) atoms. The number of fused-ring (bicyclic) bond motifs is 1. The highest BCUT2D eigenvalue weighted by Gasteiger charge is 2.15. The summed E-state index contributed by atoms with van der Waals surface area (Å²) in [5.41, 5.74) is 3.10. The van der Waals surface area contributed by atoms with Crippen LogP contribution in [0.15, 0.2) is 85.2 Å². The van der Waals surface area contributed by atoms with Crippen molar-refractivity contribution in [2.75, 3.05) is 4.90 Å². The molecule has 0 spiro atoms. The number of halogens is 1. The second kappa shape index (κ2) is 6.88. The van der Waals surface area contributed by atoms with E-state index in [1.54, 1.807) is 24.3 Å². The normalized spacial score (nSPS) is 13.1. The van der Waals surface area contributed by atoms with E-state index in [1.165, 1.54) is 18.2 Å². The van der Waals surface area contributed by atoms with Gasteiger partial charge >= 0.3 is 5.97 Å². The number of anilines is 1. The molecule has 0 fully saturated rings. The zero-order valence-electron chi connectivity index (χ0n) is 14.2. The van der Waals surface area contributed by atoms with Gasteiger partial charge in [0, 0.05) is 23.3 Å². The van der Waals surface area contributed by atoms with Crippen LogP contribution in [-0.4, -0.2) is 16.1 Å². The van der Waals surface area contributed by atoms with Crippen LogP contribution in [0.25, 0.3) is 22.2 Å². The quantitative estimate of drug-likeness (QED) is 0.704. The first-order chi connectivity index (χ1) is 13.1. The first-order valence-corrected chi connectivity index (χ1v) is 8.36. The topological polar surface area (TPSA) is 53.4 Å². The van der Waals surface area contributed by atoms with E-state index in [4.69, 9.17) is 4.98 Å². The van der Waals surface area contributed by atoms with E-state index in [1.807, 2.05) is 47.7 Å². The number of benzene rings is 2. The molecule has 3 aromatic rings. The van der Waals surface area contributed by atoms with Crippen LogP contribution < -0.4 is 4.90 Å². The number of nitrogens with zero attached hydrogens (tertiary/aromatic N) is 2. The Kier molecular flexibility index (Phi) is 4.26. The van der Waals surface area contributed by atoms with Gasteiger partial charge in [0.25, 0.3) is 0 Å².